The smallest absolute Gasteiger partial charge is 0.336 e. The van der Waals surface area contributed by atoms with Crippen LogP contribution >= 0.6 is 11.8 Å². The van der Waals surface area contributed by atoms with Crippen molar-refractivity contribution in [2.24, 2.45) is 4.99 Å². The van der Waals surface area contributed by atoms with Crippen molar-refractivity contribution in [2.75, 3.05) is 19.0 Å². The number of phenolic OH excluding ortho intramolecular Hbond substituents is 1. The zero-order chi connectivity index (χ0) is 23.1. The molecule has 6 heteroatoms. The van der Waals surface area contributed by atoms with Crippen LogP contribution in [0.25, 0.3) is 11.0 Å². The lowest BCUT2D eigenvalue weighted by Gasteiger charge is -2.19. The Hall–Kier alpha value is -3.51. The molecule has 5 rings (SSSR count). The Morgan fingerprint density at radius 3 is 2.58 bits per heavy atom. The number of aliphatic imine (C=N–C) groups is 1. The highest BCUT2D eigenvalue weighted by Gasteiger charge is 2.26. The van der Waals surface area contributed by atoms with Crippen molar-refractivity contribution < 1.29 is 9.52 Å². The quantitative estimate of drug-likeness (QED) is 0.370. The maximum absolute atomic E-state index is 12.2. The Morgan fingerprint density at radius 1 is 1.06 bits per heavy atom. The van der Waals surface area contributed by atoms with Crippen LogP contribution in [0.3, 0.4) is 0 Å². The molecule has 33 heavy (non-hydrogen) atoms. The molecule has 0 amide bonds. The van der Waals surface area contributed by atoms with E-state index < -0.39 is 5.63 Å². The summed E-state index contributed by atoms with van der Waals surface area (Å²) in [5.74, 6) is 0.0566. The first-order chi connectivity index (χ1) is 15.9. The van der Waals surface area contributed by atoms with Crippen molar-refractivity contribution in [3.8, 4) is 5.75 Å². The fourth-order valence-corrected chi connectivity index (χ4v) is 5.43. The molecule has 1 atom stereocenters. The number of hydrogen-bond donors (Lipinski definition) is 1. The van der Waals surface area contributed by atoms with Gasteiger partial charge in [0.25, 0.3) is 0 Å². The SMILES string of the molecule is Cc1cc(=O)oc2c(C3=Nc4ccccc4S[C@@H](c4ccc(N(C)C)cc4)C3)c(O)ccc12. The minimum absolute atomic E-state index is 0.0566. The van der Waals surface area contributed by atoms with Crippen molar-refractivity contribution >= 4 is 39.8 Å². The number of aromatic hydroxyl groups is 1. The highest BCUT2D eigenvalue weighted by atomic mass is 32.2. The number of phenols is 1. The summed E-state index contributed by atoms with van der Waals surface area (Å²) in [7, 11) is 4.05. The van der Waals surface area contributed by atoms with Gasteiger partial charge in [-0.2, -0.15) is 0 Å². The summed E-state index contributed by atoms with van der Waals surface area (Å²) in [5, 5.41) is 11.8. The van der Waals surface area contributed by atoms with E-state index in [-0.39, 0.29) is 11.0 Å². The van der Waals surface area contributed by atoms with Gasteiger partial charge in [0.15, 0.2) is 5.58 Å². The van der Waals surface area contributed by atoms with Gasteiger partial charge in [0.1, 0.15) is 5.75 Å². The van der Waals surface area contributed by atoms with Crippen LogP contribution < -0.4 is 10.5 Å². The molecular formula is C27H24N2O3S. The lowest BCUT2D eigenvalue weighted by molar-refractivity contribution is 0.471. The van der Waals surface area contributed by atoms with E-state index in [1.165, 1.54) is 11.6 Å². The van der Waals surface area contributed by atoms with Crippen LogP contribution in [0.4, 0.5) is 11.4 Å². The van der Waals surface area contributed by atoms with Crippen LogP contribution in [0, 0.1) is 6.92 Å². The molecule has 0 saturated heterocycles. The van der Waals surface area contributed by atoms with Gasteiger partial charge in [-0.1, -0.05) is 24.3 Å². The molecule has 2 heterocycles. The maximum atomic E-state index is 12.2. The van der Waals surface area contributed by atoms with Crippen molar-refractivity contribution in [3.63, 3.8) is 0 Å². The fourth-order valence-electron chi connectivity index (χ4n) is 4.19. The molecule has 166 valence electrons. The zero-order valence-electron chi connectivity index (χ0n) is 18.7. The largest absolute Gasteiger partial charge is 0.507 e. The van der Waals surface area contributed by atoms with E-state index in [2.05, 4.69) is 35.2 Å². The first-order valence-electron chi connectivity index (χ1n) is 10.8. The predicted octanol–water partition coefficient (Wildman–Crippen LogP) is 6.23. The first-order valence-corrected chi connectivity index (χ1v) is 11.7. The Balaban J connectivity index is 1.69. The van der Waals surface area contributed by atoms with Crippen LogP contribution in [0.1, 0.15) is 28.4 Å². The Bertz CT molecular complexity index is 1440. The minimum Gasteiger partial charge on any atom is -0.507 e. The van der Waals surface area contributed by atoms with Gasteiger partial charge in [-0.05, 0) is 54.4 Å². The summed E-state index contributed by atoms with van der Waals surface area (Å²) in [6.45, 7) is 1.87. The van der Waals surface area contributed by atoms with Gasteiger partial charge in [-0.3, -0.25) is 4.99 Å². The van der Waals surface area contributed by atoms with Gasteiger partial charge in [-0.25, -0.2) is 4.79 Å². The molecule has 0 spiro atoms. The highest BCUT2D eigenvalue weighted by Crippen LogP contribution is 2.47. The molecule has 0 saturated carbocycles. The summed E-state index contributed by atoms with van der Waals surface area (Å²) in [6, 6.07) is 21.4. The summed E-state index contributed by atoms with van der Waals surface area (Å²) < 4.78 is 5.61. The number of thioether (sulfide) groups is 1. The molecule has 0 unspecified atom stereocenters. The van der Waals surface area contributed by atoms with Gasteiger partial charge in [0.05, 0.1) is 17.0 Å². The maximum Gasteiger partial charge on any atom is 0.336 e. The third-order valence-corrected chi connectivity index (χ3v) is 7.26. The normalized spacial score (nSPS) is 15.6. The van der Waals surface area contributed by atoms with Crippen LogP contribution in [-0.4, -0.2) is 24.9 Å². The van der Waals surface area contributed by atoms with Gasteiger partial charge in [0, 0.05) is 47.8 Å². The summed E-state index contributed by atoms with van der Waals surface area (Å²) in [6.07, 6.45) is 0.574. The van der Waals surface area contributed by atoms with Crippen LogP contribution in [0.5, 0.6) is 5.75 Å². The zero-order valence-corrected chi connectivity index (χ0v) is 19.5. The number of rotatable bonds is 3. The molecule has 1 aromatic heterocycles. The summed E-state index contributed by atoms with van der Waals surface area (Å²) >= 11 is 1.76. The third-order valence-electron chi connectivity index (χ3n) is 5.94. The second-order valence-electron chi connectivity index (χ2n) is 8.41. The van der Waals surface area contributed by atoms with Gasteiger partial charge < -0.3 is 14.4 Å². The number of fused-ring (bicyclic) bond motifs is 2. The standard InChI is InChI=1S/C27H24N2O3S/c1-16-14-25(31)32-27-19(16)12-13-22(30)26(27)21-15-24(17-8-10-18(11-9-17)29(2)3)33-23-7-5-4-6-20(23)28-21/h4-14,24,30H,15H2,1-3H3/t24-/m1/s1. The van der Waals surface area contributed by atoms with Crippen LogP contribution in [0.15, 0.2) is 85.8 Å². The van der Waals surface area contributed by atoms with Gasteiger partial charge in [-0.15, -0.1) is 11.8 Å². The van der Waals surface area contributed by atoms with Gasteiger partial charge >= 0.3 is 5.63 Å². The van der Waals surface area contributed by atoms with E-state index in [1.807, 2.05) is 39.2 Å². The van der Waals surface area contributed by atoms with E-state index in [4.69, 9.17) is 9.41 Å². The van der Waals surface area contributed by atoms with Crippen molar-refractivity contribution in [1.82, 2.24) is 0 Å². The molecule has 0 aliphatic carbocycles. The molecule has 0 fully saturated rings. The average Bonchev–Trinajstić information content (AvgIpc) is 2.98. The molecule has 5 nitrogen and oxygen atoms in total. The number of para-hydroxylation sites is 1. The number of benzene rings is 3. The Morgan fingerprint density at radius 2 is 1.82 bits per heavy atom. The first kappa shape index (κ1) is 21.3. The number of anilines is 1. The molecule has 3 aromatic carbocycles. The molecule has 0 radical (unpaired) electrons. The topological polar surface area (TPSA) is 66.0 Å². The van der Waals surface area contributed by atoms with Gasteiger partial charge in [0.2, 0.25) is 0 Å². The summed E-state index contributed by atoms with van der Waals surface area (Å²) in [5.41, 5.74) is 5.09. The number of nitrogens with zero attached hydrogens (tertiary/aromatic N) is 2. The van der Waals surface area contributed by atoms with Crippen LogP contribution in [0.2, 0.25) is 0 Å². The molecular weight excluding hydrogens is 432 g/mol. The predicted molar refractivity (Wildman–Crippen MR) is 136 cm³/mol. The monoisotopic (exact) mass is 456 g/mol. The number of hydrogen-bond acceptors (Lipinski definition) is 6. The molecule has 4 aromatic rings. The van der Waals surface area contributed by atoms with Crippen LogP contribution in [-0.2, 0) is 0 Å². The third kappa shape index (κ3) is 4.02. The minimum atomic E-state index is -0.438. The molecule has 1 aliphatic rings. The van der Waals surface area contributed by atoms with Crippen molar-refractivity contribution in [3.05, 3.63) is 93.8 Å². The second-order valence-corrected chi connectivity index (χ2v) is 9.65. The second kappa shape index (κ2) is 8.45. The lowest BCUT2D eigenvalue weighted by atomic mass is 9.97. The summed E-state index contributed by atoms with van der Waals surface area (Å²) in [4.78, 5) is 20.3. The molecule has 1 aliphatic heterocycles. The highest BCUT2D eigenvalue weighted by molar-refractivity contribution is 7.99. The van der Waals surface area contributed by atoms with E-state index in [0.29, 0.717) is 23.3 Å². The van der Waals surface area contributed by atoms with Crippen molar-refractivity contribution in [1.29, 1.82) is 0 Å². The van der Waals surface area contributed by atoms with E-state index in [0.717, 1.165) is 27.2 Å². The lowest BCUT2D eigenvalue weighted by Crippen LogP contribution is -2.10. The average molecular weight is 457 g/mol. The van der Waals surface area contributed by atoms with E-state index in [1.54, 1.807) is 23.9 Å². The molecule has 0 bridgehead atoms. The van der Waals surface area contributed by atoms with E-state index in [9.17, 15) is 9.90 Å². The molecule has 1 N–H and O–H groups in total. The van der Waals surface area contributed by atoms with Crippen molar-refractivity contribution in [2.45, 2.75) is 23.5 Å². The Labute approximate surface area is 196 Å². The van der Waals surface area contributed by atoms with E-state index >= 15 is 0 Å². The Kier molecular flexibility index (Phi) is 5.46. The fraction of sp³-hybridized carbons (Fsp3) is 0.185. The number of aryl methyl sites for hydroxylation is 1.